The molecule has 5 heteroatoms. The summed E-state index contributed by atoms with van der Waals surface area (Å²) >= 11 is 0. The van der Waals surface area contributed by atoms with E-state index in [0.717, 1.165) is 9.87 Å². The molecule has 0 spiro atoms. The average Bonchev–Trinajstić information content (AvgIpc) is 2.02. The minimum Gasteiger partial charge on any atom is -0.271 e. The van der Waals surface area contributed by atoms with E-state index in [1.54, 1.807) is 12.1 Å². The third-order valence-corrected chi connectivity index (χ3v) is 3.20. The summed E-state index contributed by atoms with van der Waals surface area (Å²) in [6, 6.07) is 7.21. The molecule has 0 atom stereocenters. The Morgan fingerprint density at radius 2 is 1.93 bits per heavy atom. The van der Waals surface area contributed by atoms with Crippen LogP contribution in [-0.2, 0) is 10.2 Å². The van der Waals surface area contributed by atoms with Crippen molar-refractivity contribution in [2.24, 2.45) is 0 Å². The second-order valence-electron chi connectivity index (χ2n) is 3.26. The predicted molar refractivity (Wildman–Crippen MR) is 57.4 cm³/mol. The number of anilines is 1. The summed E-state index contributed by atoms with van der Waals surface area (Å²) in [7, 11) is -0.416. The van der Waals surface area contributed by atoms with Crippen molar-refractivity contribution in [3.63, 3.8) is 0 Å². The third kappa shape index (κ3) is 2.71. The van der Waals surface area contributed by atoms with Crippen molar-refractivity contribution in [1.82, 2.24) is 4.31 Å². The van der Waals surface area contributed by atoms with Gasteiger partial charge in [0.1, 0.15) is 0 Å². The Kier molecular flexibility index (Phi) is 3.13. The van der Waals surface area contributed by atoms with Gasteiger partial charge in [0.05, 0.1) is 5.69 Å². The van der Waals surface area contributed by atoms with Crippen molar-refractivity contribution < 1.29 is 8.42 Å². The van der Waals surface area contributed by atoms with E-state index >= 15 is 0 Å². The van der Waals surface area contributed by atoms with Crippen molar-refractivity contribution in [1.29, 1.82) is 0 Å². The minimum absolute atomic E-state index is 0.582. The standard InChI is InChI=1S/C9H14N2O2S/c1-8-5-4-6-9(7-8)10-14(12,13)11(2)3/h4-7,10H,1-3H3. The van der Waals surface area contributed by atoms with E-state index in [4.69, 9.17) is 0 Å². The van der Waals surface area contributed by atoms with Crippen LogP contribution < -0.4 is 4.72 Å². The number of rotatable bonds is 3. The summed E-state index contributed by atoms with van der Waals surface area (Å²) in [6.45, 7) is 1.91. The summed E-state index contributed by atoms with van der Waals surface area (Å²) in [6.07, 6.45) is 0. The lowest BCUT2D eigenvalue weighted by Crippen LogP contribution is -2.28. The van der Waals surface area contributed by atoms with Gasteiger partial charge in [-0.1, -0.05) is 12.1 Å². The molecule has 4 nitrogen and oxygen atoms in total. The van der Waals surface area contributed by atoms with Gasteiger partial charge in [-0.3, -0.25) is 4.72 Å². The van der Waals surface area contributed by atoms with Gasteiger partial charge >= 0.3 is 10.2 Å². The first-order valence-corrected chi connectivity index (χ1v) is 5.63. The molecule has 0 bridgehead atoms. The summed E-state index contributed by atoms with van der Waals surface area (Å²) in [4.78, 5) is 0. The molecular formula is C9H14N2O2S. The van der Waals surface area contributed by atoms with E-state index in [1.807, 2.05) is 19.1 Å². The van der Waals surface area contributed by atoms with E-state index in [1.165, 1.54) is 14.1 Å². The molecule has 0 fully saturated rings. The minimum atomic E-state index is -3.38. The molecule has 0 heterocycles. The van der Waals surface area contributed by atoms with Gasteiger partial charge in [0.2, 0.25) is 0 Å². The Hall–Kier alpha value is -1.07. The first kappa shape index (κ1) is 11.0. The lowest BCUT2D eigenvalue weighted by molar-refractivity contribution is 0.527. The predicted octanol–water partition coefficient (Wildman–Crippen LogP) is 1.21. The highest BCUT2D eigenvalue weighted by Gasteiger charge is 2.12. The molecule has 0 amide bonds. The topological polar surface area (TPSA) is 49.4 Å². The van der Waals surface area contributed by atoms with Gasteiger partial charge in [-0.05, 0) is 24.6 Å². The molecule has 0 saturated heterocycles. The molecule has 1 rings (SSSR count). The van der Waals surface area contributed by atoms with Crippen LogP contribution in [-0.4, -0.2) is 26.8 Å². The maximum atomic E-state index is 11.4. The van der Waals surface area contributed by atoms with Crippen molar-refractivity contribution in [2.45, 2.75) is 6.92 Å². The van der Waals surface area contributed by atoms with E-state index in [-0.39, 0.29) is 0 Å². The van der Waals surface area contributed by atoms with Crippen LogP contribution in [0.25, 0.3) is 0 Å². The Bertz CT molecular complexity index is 413. The molecule has 0 aromatic heterocycles. The maximum Gasteiger partial charge on any atom is 0.301 e. The maximum absolute atomic E-state index is 11.4. The van der Waals surface area contributed by atoms with Crippen LogP contribution in [0.3, 0.4) is 0 Å². The van der Waals surface area contributed by atoms with Crippen molar-refractivity contribution in [3.05, 3.63) is 29.8 Å². The van der Waals surface area contributed by atoms with Crippen LogP contribution in [0.1, 0.15) is 5.56 Å². The number of nitrogens with one attached hydrogen (secondary N) is 1. The molecule has 1 aromatic rings. The fourth-order valence-corrected chi connectivity index (χ4v) is 1.56. The lowest BCUT2D eigenvalue weighted by atomic mass is 10.2. The van der Waals surface area contributed by atoms with Crippen LogP contribution in [0.2, 0.25) is 0 Å². The van der Waals surface area contributed by atoms with E-state index in [9.17, 15) is 8.42 Å². The zero-order valence-corrected chi connectivity index (χ0v) is 9.30. The molecule has 0 unspecified atom stereocenters. The van der Waals surface area contributed by atoms with Crippen LogP contribution in [0.4, 0.5) is 5.69 Å². The van der Waals surface area contributed by atoms with Gasteiger partial charge in [0.15, 0.2) is 0 Å². The monoisotopic (exact) mass is 214 g/mol. The highest BCUT2D eigenvalue weighted by molar-refractivity contribution is 7.90. The van der Waals surface area contributed by atoms with Gasteiger partial charge in [0, 0.05) is 14.1 Å². The van der Waals surface area contributed by atoms with Crippen LogP contribution in [0.5, 0.6) is 0 Å². The van der Waals surface area contributed by atoms with E-state index in [2.05, 4.69) is 4.72 Å². The fourth-order valence-electron chi connectivity index (χ4n) is 0.949. The van der Waals surface area contributed by atoms with Crippen LogP contribution in [0.15, 0.2) is 24.3 Å². The molecular weight excluding hydrogens is 200 g/mol. The van der Waals surface area contributed by atoms with E-state index < -0.39 is 10.2 Å². The van der Waals surface area contributed by atoms with Gasteiger partial charge in [-0.15, -0.1) is 0 Å². The largest absolute Gasteiger partial charge is 0.301 e. The summed E-state index contributed by atoms with van der Waals surface area (Å²) < 4.78 is 26.4. The second-order valence-corrected chi connectivity index (χ2v) is 5.14. The number of nitrogens with zero attached hydrogens (tertiary/aromatic N) is 1. The second kappa shape index (κ2) is 3.98. The average molecular weight is 214 g/mol. The third-order valence-electron chi connectivity index (χ3n) is 1.75. The number of hydrogen-bond acceptors (Lipinski definition) is 2. The summed E-state index contributed by atoms with van der Waals surface area (Å²) in [5, 5.41) is 0. The molecule has 14 heavy (non-hydrogen) atoms. The lowest BCUT2D eigenvalue weighted by Gasteiger charge is -2.13. The molecule has 0 radical (unpaired) electrons. The number of hydrogen-bond donors (Lipinski definition) is 1. The Morgan fingerprint density at radius 3 is 2.43 bits per heavy atom. The van der Waals surface area contributed by atoms with Gasteiger partial charge in [-0.25, -0.2) is 0 Å². The van der Waals surface area contributed by atoms with Gasteiger partial charge in [0.25, 0.3) is 0 Å². The van der Waals surface area contributed by atoms with Crippen LogP contribution >= 0.6 is 0 Å². The summed E-state index contributed by atoms with van der Waals surface area (Å²) in [5.41, 5.74) is 1.60. The van der Waals surface area contributed by atoms with Crippen LogP contribution in [0, 0.1) is 6.92 Å². The van der Waals surface area contributed by atoms with Crippen molar-refractivity contribution in [3.8, 4) is 0 Å². The highest BCUT2D eigenvalue weighted by atomic mass is 32.2. The van der Waals surface area contributed by atoms with Crippen molar-refractivity contribution in [2.75, 3.05) is 18.8 Å². The molecule has 0 aliphatic carbocycles. The molecule has 0 saturated carbocycles. The first-order valence-electron chi connectivity index (χ1n) is 4.19. The Balaban J connectivity index is 2.90. The Morgan fingerprint density at radius 1 is 1.29 bits per heavy atom. The van der Waals surface area contributed by atoms with Crippen molar-refractivity contribution >= 4 is 15.9 Å². The quantitative estimate of drug-likeness (QED) is 0.822. The molecule has 78 valence electrons. The summed E-state index contributed by atoms with van der Waals surface area (Å²) in [5.74, 6) is 0. The van der Waals surface area contributed by atoms with Gasteiger partial charge < -0.3 is 0 Å². The highest BCUT2D eigenvalue weighted by Crippen LogP contribution is 2.11. The number of aryl methyl sites for hydroxylation is 1. The first-order chi connectivity index (χ1) is 6.42. The normalized spacial score (nSPS) is 11.7. The zero-order valence-electron chi connectivity index (χ0n) is 8.48. The molecule has 1 N–H and O–H groups in total. The molecule has 0 aliphatic rings. The zero-order chi connectivity index (χ0) is 10.8. The molecule has 0 aliphatic heterocycles. The Labute approximate surface area is 84.7 Å². The smallest absolute Gasteiger partial charge is 0.271 e. The van der Waals surface area contributed by atoms with Gasteiger partial charge in [-0.2, -0.15) is 12.7 Å². The number of benzene rings is 1. The van der Waals surface area contributed by atoms with E-state index in [0.29, 0.717) is 5.69 Å². The fraction of sp³-hybridized carbons (Fsp3) is 0.333. The molecule has 1 aromatic carbocycles. The SMILES string of the molecule is Cc1cccc(NS(=O)(=O)N(C)C)c1.